The van der Waals surface area contributed by atoms with Crippen LogP contribution in [0.4, 0.5) is 0 Å². The number of thiazole rings is 1. The van der Waals surface area contributed by atoms with Gasteiger partial charge in [-0.1, -0.05) is 13.8 Å². The van der Waals surface area contributed by atoms with Crippen molar-refractivity contribution in [2.75, 3.05) is 6.54 Å². The summed E-state index contributed by atoms with van der Waals surface area (Å²) in [5.74, 6) is 2.43. The van der Waals surface area contributed by atoms with E-state index in [-0.39, 0.29) is 11.9 Å². The lowest BCUT2D eigenvalue weighted by Gasteiger charge is -2.35. The summed E-state index contributed by atoms with van der Waals surface area (Å²) in [4.78, 5) is 19.9. The van der Waals surface area contributed by atoms with Gasteiger partial charge in [-0.15, -0.1) is 21.5 Å². The fourth-order valence-electron chi connectivity index (χ4n) is 3.32. The Balaban J connectivity index is 1.90. The van der Waals surface area contributed by atoms with Gasteiger partial charge in [-0.25, -0.2) is 4.98 Å². The van der Waals surface area contributed by atoms with Gasteiger partial charge < -0.3 is 9.47 Å². The van der Waals surface area contributed by atoms with Crippen molar-refractivity contribution >= 4 is 17.2 Å². The average molecular weight is 333 g/mol. The van der Waals surface area contributed by atoms with Crippen LogP contribution in [-0.4, -0.2) is 37.1 Å². The van der Waals surface area contributed by atoms with Crippen molar-refractivity contribution in [2.45, 2.75) is 53.6 Å². The highest BCUT2D eigenvalue weighted by Gasteiger charge is 2.32. The van der Waals surface area contributed by atoms with Gasteiger partial charge in [-0.2, -0.15) is 0 Å². The SMILES string of the molecule is Cc1nc(C)c(C(=O)N2Cc3nnc(C)n3[C@@H](CC(C)C)C2)s1. The highest BCUT2D eigenvalue weighted by atomic mass is 32.1. The zero-order valence-corrected chi connectivity index (χ0v) is 15.1. The van der Waals surface area contributed by atoms with E-state index in [0.717, 1.165) is 33.6 Å². The Kier molecular flexibility index (Phi) is 4.23. The Morgan fingerprint density at radius 3 is 2.65 bits per heavy atom. The molecular weight excluding hydrogens is 310 g/mol. The second-order valence-electron chi connectivity index (χ2n) is 6.65. The normalized spacial score (nSPS) is 17.7. The fourth-order valence-corrected chi connectivity index (χ4v) is 4.21. The molecule has 124 valence electrons. The second kappa shape index (κ2) is 6.03. The number of aromatic nitrogens is 4. The monoisotopic (exact) mass is 333 g/mol. The molecule has 7 heteroatoms. The van der Waals surface area contributed by atoms with Crippen molar-refractivity contribution in [1.29, 1.82) is 0 Å². The van der Waals surface area contributed by atoms with Crippen LogP contribution in [0.5, 0.6) is 0 Å². The first-order valence-corrected chi connectivity index (χ1v) is 8.82. The molecule has 0 N–H and O–H groups in total. The maximum Gasteiger partial charge on any atom is 0.266 e. The topological polar surface area (TPSA) is 63.9 Å². The Labute approximate surface area is 140 Å². The van der Waals surface area contributed by atoms with Gasteiger partial charge in [0.15, 0.2) is 5.82 Å². The third-order valence-electron chi connectivity index (χ3n) is 4.19. The molecule has 0 spiro atoms. The summed E-state index contributed by atoms with van der Waals surface area (Å²) in [6, 6.07) is 0.243. The highest BCUT2D eigenvalue weighted by molar-refractivity contribution is 7.13. The molecule has 0 saturated carbocycles. The first-order valence-electron chi connectivity index (χ1n) is 8.00. The van der Waals surface area contributed by atoms with Crippen molar-refractivity contribution in [3.05, 3.63) is 27.2 Å². The van der Waals surface area contributed by atoms with E-state index >= 15 is 0 Å². The van der Waals surface area contributed by atoms with Crippen LogP contribution < -0.4 is 0 Å². The van der Waals surface area contributed by atoms with E-state index in [1.165, 1.54) is 11.3 Å². The predicted octanol–water partition coefficient (Wildman–Crippen LogP) is 2.90. The van der Waals surface area contributed by atoms with Crippen molar-refractivity contribution in [3.63, 3.8) is 0 Å². The van der Waals surface area contributed by atoms with Crippen LogP contribution in [-0.2, 0) is 6.54 Å². The third-order valence-corrected chi connectivity index (χ3v) is 5.25. The van der Waals surface area contributed by atoms with E-state index in [2.05, 4.69) is 33.6 Å². The number of carbonyl (C=O) groups is 1. The summed E-state index contributed by atoms with van der Waals surface area (Å²) in [7, 11) is 0. The smallest absolute Gasteiger partial charge is 0.266 e. The van der Waals surface area contributed by atoms with Gasteiger partial charge in [-0.05, 0) is 33.1 Å². The van der Waals surface area contributed by atoms with Crippen LogP contribution in [0.3, 0.4) is 0 Å². The summed E-state index contributed by atoms with van der Waals surface area (Å²) < 4.78 is 2.20. The van der Waals surface area contributed by atoms with Gasteiger partial charge in [0.25, 0.3) is 5.91 Å². The van der Waals surface area contributed by atoms with Gasteiger partial charge in [-0.3, -0.25) is 4.79 Å². The summed E-state index contributed by atoms with van der Waals surface area (Å²) in [6.45, 7) is 11.5. The molecule has 23 heavy (non-hydrogen) atoms. The molecule has 3 rings (SSSR count). The lowest BCUT2D eigenvalue weighted by molar-refractivity contribution is 0.0664. The molecule has 2 aromatic rings. The fraction of sp³-hybridized carbons (Fsp3) is 0.625. The number of amides is 1. The lowest BCUT2D eigenvalue weighted by atomic mass is 10.0. The Hall–Kier alpha value is -1.76. The van der Waals surface area contributed by atoms with Gasteiger partial charge >= 0.3 is 0 Å². The van der Waals surface area contributed by atoms with Crippen molar-refractivity contribution < 1.29 is 4.79 Å². The average Bonchev–Trinajstić information content (AvgIpc) is 3.00. The van der Waals surface area contributed by atoms with E-state index in [0.29, 0.717) is 19.0 Å². The summed E-state index contributed by atoms with van der Waals surface area (Å²) in [6.07, 6.45) is 1.01. The number of hydrogen-bond acceptors (Lipinski definition) is 5. The van der Waals surface area contributed by atoms with E-state index in [9.17, 15) is 4.79 Å². The molecule has 1 aliphatic rings. The van der Waals surface area contributed by atoms with E-state index in [1.54, 1.807) is 0 Å². The van der Waals surface area contributed by atoms with E-state index in [4.69, 9.17) is 0 Å². The molecule has 0 fully saturated rings. The predicted molar refractivity (Wildman–Crippen MR) is 89.6 cm³/mol. The molecule has 0 radical (unpaired) electrons. The molecule has 6 nitrogen and oxygen atoms in total. The molecular formula is C16H23N5OS. The second-order valence-corrected chi connectivity index (χ2v) is 7.85. The van der Waals surface area contributed by atoms with Gasteiger partial charge in [0.2, 0.25) is 0 Å². The summed E-state index contributed by atoms with van der Waals surface area (Å²) >= 11 is 1.47. The minimum absolute atomic E-state index is 0.0637. The quantitative estimate of drug-likeness (QED) is 0.866. The maximum atomic E-state index is 12.9. The first kappa shape index (κ1) is 16.1. The minimum atomic E-state index is 0.0637. The van der Waals surface area contributed by atoms with Gasteiger partial charge in [0, 0.05) is 6.54 Å². The standard InChI is InChI=1S/C16H23N5OS/c1-9(2)6-13-7-20(8-14-19-18-11(4)21(13)14)16(22)15-10(3)17-12(5)23-15/h9,13H,6-8H2,1-5H3/t13-/m0/s1. The Morgan fingerprint density at radius 1 is 1.30 bits per heavy atom. The van der Waals surface area contributed by atoms with Crippen molar-refractivity contribution in [2.24, 2.45) is 5.92 Å². The highest BCUT2D eigenvalue weighted by Crippen LogP contribution is 2.29. The Morgan fingerprint density at radius 2 is 2.04 bits per heavy atom. The molecule has 0 saturated heterocycles. The molecule has 1 aliphatic heterocycles. The zero-order chi connectivity index (χ0) is 16.7. The number of nitrogens with zero attached hydrogens (tertiary/aromatic N) is 5. The molecule has 0 aliphatic carbocycles. The number of fused-ring (bicyclic) bond motifs is 1. The first-order chi connectivity index (χ1) is 10.9. The zero-order valence-electron chi connectivity index (χ0n) is 14.3. The Bertz CT molecular complexity index is 733. The molecule has 3 heterocycles. The number of hydrogen-bond donors (Lipinski definition) is 0. The summed E-state index contributed by atoms with van der Waals surface area (Å²) in [5.41, 5.74) is 0.820. The molecule has 0 unspecified atom stereocenters. The molecule has 0 bridgehead atoms. The molecule has 2 aromatic heterocycles. The van der Waals surface area contributed by atoms with Gasteiger partial charge in [0.1, 0.15) is 10.7 Å². The van der Waals surface area contributed by atoms with Crippen LogP contribution in [0.2, 0.25) is 0 Å². The van der Waals surface area contributed by atoms with Crippen molar-refractivity contribution in [1.82, 2.24) is 24.6 Å². The van der Waals surface area contributed by atoms with E-state index in [1.807, 2.05) is 25.7 Å². The number of carbonyl (C=O) groups excluding carboxylic acids is 1. The maximum absolute atomic E-state index is 12.9. The summed E-state index contributed by atoms with van der Waals surface area (Å²) in [5, 5.41) is 9.41. The van der Waals surface area contributed by atoms with Crippen molar-refractivity contribution in [3.8, 4) is 0 Å². The molecule has 1 amide bonds. The van der Waals surface area contributed by atoms with Crippen LogP contribution >= 0.6 is 11.3 Å². The number of rotatable bonds is 3. The largest absolute Gasteiger partial charge is 0.328 e. The molecule has 1 atom stereocenters. The molecule has 0 aromatic carbocycles. The third kappa shape index (κ3) is 3.02. The van der Waals surface area contributed by atoms with Crippen LogP contribution in [0.1, 0.15) is 58.3 Å². The van der Waals surface area contributed by atoms with Crippen LogP contribution in [0, 0.1) is 26.7 Å². The number of aryl methyl sites for hydroxylation is 3. The minimum Gasteiger partial charge on any atom is -0.328 e. The van der Waals surface area contributed by atoms with E-state index < -0.39 is 0 Å². The lowest BCUT2D eigenvalue weighted by Crippen LogP contribution is -2.41. The van der Waals surface area contributed by atoms with Crippen LogP contribution in [0.15, 0.2) is 0 Å². The van der Waals surface area contributed by atoms with Crippen LogP contribution in [0.25, 0.3) is 0 Å². The van der Waals surface area contributed by atoms with Gasteiger partial charge in [0.05, 0.1) is 23.3 Å².